The van der Waals surface area contributed by atoms with Gasteiger partial charge in [-0.05, 0) is 49.1 Å². The van der Waals surface area contributed by atoms with Crippen molar-refractivity contribution in [1.29, 1.82) is 0 Å². The van der Waals surface area contributed by atoms with Crippen molar-refractivity contribution < 1.29 is 13.9 Å². The molecule has 6 nitrogen and oxygen atoms in total. The lowest BCUT2D eigenvalue weighted by Gasteiger charge is -2.14. The van der Waals surface area contributed by atoms with Gasteiger partial charge in [0.15, 0.2) is 11.0 Å². The van der Waals surface area contributed by atoms with Gasteiger partial charge in [-0.1, -0.05) is 43.8 Å². The molecule has 2 aromatic carbocycles. The molecule has 0 fully saturated rings. The highest BCUT2D eigenvalue weighted by Gasteiger charge is 2.15. The Labute approximate surface area is 186 Å². The Balaban J connectivity index is 1.60. The van der Waals surface area contributed by atoms with E-state index in [1.807, 2.05) is 24.6 Å². The number of benzene rings is 2. The standard InChI is InChI=1S/C23H27FN4O2S/c1-14(2)17-10-9-15(3)11-20(17)30-12-21-26-27-23(28(21)5)31-13-22(29)25-19-8-6-7-18(24)16(19)4/h6-11,14H,12-13H2,1-5H3,(H,25,29). The van der Waals surface area contributed by atoms with Gasteiger partial charge in [0.2, 0.25) is 5.91 Å². The number of anilines is 1. The van der Waals surface area contributed by atoms with Gasteiger partial charge in [0.1, 0.15) is 18.2 Å². The Morgan fingerprint density at radius 3 is 2.74 bits per heavy atom. The van der Waals surface area contributed by atoms with Crippen LogP contribution in [0.3, 0.4) is 0 Å². The molecule has 31 heavy (non-hydrogen) atoms. The normalized spacial score (nSPS) is 11.1. The lowest BCUT2D eigenvalue weighted by atomic mass is 10.0. The van der Waals surface area contributed by atoms with Crippen LogP contribution in [-0.2, 0) is 18.4 Å². The van der Waals surface area contributed by atoms with E-state index in [0.717, 1.165) is 16.9 Å². The van der Waals surface area contributed by atoms with Crippen LogP contribution in [-0.4, -0.2) is 26.4 Å². The lowest BCUT2D eigenvalue weighted by Crippen LogP contribution is -2.15. The SMILES string of the molecule is Cc1ccc(C(C)C)c(OCc2nnc(SCC(=O)Nc3cccc(F)c3C)n2C)c1. The van der Waals surface area contributed by atoms with Crippen molar-refractivity contribution in [3.05, 3.63) is 64.7 Å². The first-order chi connectivity index (χ1) is 14.8. The second-order valence-electron chi connectivity index (χ2n) is 7.69. The van der Waals surface area contributed by atoms with Crippen LogP contribution in [0.15, 0.2) is 41.6 Å². The Kier molecular flexibility index (Phi) is 7.33. The van der Waals surface area contributed by atoms with Gasteiger partial charge in [-0.25, -0.2) is 4.39 Å². The van der Waals surface area contributed by atoms with Gasteiger partial charge in [0.05, 0.1) is 5.75 Å². The maximum Gasteiger partial charge on any atom is 0.234 e. The summed E-state index contributed by atoms with van der Waals surface area (Å²) in [4.78, 5) is 12.3. The highest BCUT2D eigenvalue weighted by atomic mass is 32.2. The molecule has 164 valence electrons. The average molecular weight is 443 g/mol. The maximum absolute atomic E-state index is 13.6. The fourth-order valence-electron chi connectivity index (χ4n) is 3.04. The number of carbonyl (C=O) groups excluding carboxylic acids is 1. The third kappa shape index (κ3) is 5.64. The zero-order chi connectivity index (χ0) is 22.5. The van der Waals surface area contributed by atoms with Crippen molar-refractivity contribution in [2.24, 2.45) is 7.05 Å². The number of aromatic nitrogens is 3. The summed E-state index contributed by atoms with van der Waals surface area (Å²) in [5, 5.41) is 11.7. The van der Waals surface area contributed by atoms with Crippen LogP contribution in [0.4, 0.5) is 10.1 Å². The van der Waals surface area contributed by atoms with E-state index >= 15 is 0 Å². The molecule has 1 N–H and O–H groups in total. The summed E-state index contributed by atoms with van der Waals surface area (Å²) >= 11 is 1.27. The molecule has 0 bridgehead atoms. The lowest BCUT2D eigenvalue weighted by molar-refractivity contribution is -0.113. The molecule has 3 aromatic rings. The minimum Gasteiger partial charge on any atom is -0.485 e. The second kappa shape index (κ2) is 9.96. The highest BCUT2D eigenvalue weighted by molar-refractivity contribution is 7.99. The van der Waals surface area contributed by atoms with E-state index in [1.165, 1.54) is 17.8 Å². The van der Waals surface area contributed by atoms with Gasteiger partial charge in [-0.15, -0.1) is 10.2 Å². The molecule has 0 unspecified atom stereocenters. The summed E-state index contributed by atoms with van der Waals surface area (Å²) in [5.74, 6) is 1.41. The number of halogens is 1. The van der Waals surface area contributed by atoms with Crippen LogP contribution < -0.4 is 10.1 Å². The van der Waals surface area contributed by atoms with E-state index in [2.05, 4.69) is 41.5 Å². The number of carbonyl (C=O) groups is 1. The Morgan fingerprint density at radius 1 is 1.23 bits per heavy atom. The van der Waals surface area contributed by atoms with Crippen LogP contribution in [0.25, 0.3) is 0 Å². The minimum absolute atomic E-state index is 0.137. The third-order valence-electron chi connectivity index (χ3n) is 4.95. The molecule has 0 atom stereocenters. The first-order valence-electron chi connectivity index (χ1n) is 10.1. The summed E-state index contributed by atoms with van der Waals surface area (Å²) in [6, 6.07) is 10.8. The number of aryl methyl sites for hydroxylation is 1. The number of hydrogen-bond acceptors (Lipinski definition) is 5. The number of nitrogens with one attached hydrogen (secondary N) is 1. The number of rotatable bonds is 8. The summed E-state index contributed by atoms with van der Waals surface area (Å²) in [6.45, 7) is 8.20. The van der Waals surface area contributed by atoms with Crippen molar-refractivity contribution in [1.82, 2.24) is 14.8 Å². The zero-order valence-corrected chi connectivity index (χ0v) is 19.2. The Bertz CT molecular complexity index is 1080. The molecular weight excluding hydrogens is 415 g/mol. The summed E-state index contributed by atoms with van der Waals surface area (Å²) < 4.78 is 21.5. The number of nitrogens with zero attached hydrogens (tertiary/aromatic N) is 3. The van der Waals surface area contributed by atoms with Gasteiger partial charge >= 0.3 is 0 Å². The van der Waals surface area contributed by atoms with Crippen molar-refractivity contribution >= 4 is 23.4 Å². The topological polar surface area (TPSA) is 69.0 Å². The average Bonchev–Trinajstić information content (AvgIpc) is 3.07. The zero-order valence-electron chi connectivity index (χ0n) is 18.4. The predicted octanol–water partition coefficient (Wildman–Crippen LogP) is 5.00. The smallest absolute Gasteiger partial charge is 0.234 e. The number of ether oxygens (including phenoxy) is 1. The second-order valence-corrected chi connectivity index (χ2v) is 8.63. The van der Waals surface area contributed by atoms with E-state index in [0.29, 0.717) is 28.1 Å². The van der Waals surface area contributed by atoms with Gasteiger partial charge < -0.3 is 14.6 Å². The summed E-state index contributed by atoms with van der Waals surface area (Å²) in [6.07, 6.45) is 0. The summed E-state index contributed by atoms with van der Waals surface area (Å²) in [5.41, 5.74) is 3.16. The van der Waals surface area contributed by atoms with Crippen LogP contribution in [0.5, 0.6) is 5.75 Å². The fourth-order valence-corrected chi connectivity index (χ4v) is 3.77. The summed E-state index contributed by atoms with van der Waals surface area (Å²) in [7, 11) is 1.84. The van der Waals surface area contributed by atoms with Crippen LogP contribution in [0.2, 0.25) is 0 Å². The Morgan fingerprint density at radius 2 is 2.00 bits per heavy atom. The molecular formula is C23H27FN4O2S. The van der Waals surface area contributed by atoms with Crippen molar-refractivity contribution in [3.8, 4) is 5.75 Å². The monoisotopic (exact) mass is 442 g/mol. The first-order valence-corrected chi connectivity index (χ1v) is 11.0. The molecule has 0 saturated carbocycles. The highest BCUT2D eigenvalue weighted by Crippen LogP contribution is 2.28. The van der Waals surface area contributed by atoms with Gasteiger partial charge in [0, 0.05) is 18.3 Å². The van der Waals surface area contributed by atoms with Gasteiger partial charge in [0.25, 0.3) is 0 Å². The van der Waals surface area contributed by atoms with Crippen molar-refractivity contribution in [2.45, 2.75) is 45.4 Å². The molecule has 1 amide bonds. The molecule has 8 heteroatoms. The molecule has 0 saturated heterocycles. The van der Waals surface area contributed by atoms with Crippen molar-refractivity contribution in [2.75, 3.05) is 11.1 Å². The molecule has 0 aliphatic heterocycles. The molecule has 0 radical (unpaired) electrons. The molecule has 0 aliphatic carbocycles. The Hall–Kier alpha value is -2.87. The minimum atomic E-state index is -0.349. The molecule has 1 heterocycles. The van der Waals surface area contributed by atoms with Crippen LogP contribution in [0, 0.1) is 19.7 Å². The van der Waals surface area contributed by atoms with Crippen LogP contribution in [0.1, 0.15) is 42.3 Å². The molecule has 1 aromatic heterocycles. The van der Waals surface area contributed by atoms with E-state index < -0.39 is 0 Å². The van der Waals surface area contributed by atoms with E-state index in [9.17, 15) is 9.18 Å². The molecule has 0 aliphatic rings. The number of thioether (sulfide) groups is 1. The fraction of sp³-hybridized carbons (Fsp3) is 0.348. The van der Waals surface area contributed by atoms with Crippen molar-refractivity contribution in [3.63, 3.8) is 0 Å². The van der Waals surface area contributed by atoms with E-state index in [-0.39, 0.29) is 24.1 Å². The quantitative estimate of drug-likeness (QED) is 0.497. The largest absolute Gasteiger partial charge is 0.485 e. The maximum atomic E-state index is 13.6. The van der Waals surface area contributed by atoms with Crippen LogP contribution >= 0.6 is 11.8 Å². The van der Waals surface area contributed by atoms with E-state index in [4.69, 9.17) is 4.74 Å². The van der Waals surface area contributed by atoms with Gasteiger partial charge in [-0.2, -0.15) is 0 Å². The van der Waals surface area contributed by atoms with E-state index in [1.54, 1.807) is 19.1 Å². The van der Waals surface area contributed by atoms with Gasteiger partial charge in [-0.3, -0.25) is 4.79 Å². The molecule has 3 rings (SSSR count). The third-order valence-corrected chi connectivity index (χ3v) is 5.97. The number of amides is 1. The predicted molar refractivity (Wildman–Crippen MR) is 121 cm³/mol. The first kappa shape index (κ1) is 22.8. The molecule has 0 spiro atoms. The number of hydrogen-bond donors (Lipinski definition) is 1.